The van der Waals surface area contributed by atoms with Gasteiger partial charge in [-0.2, -0.15) is 0 Å². The molecule has 208 valence electrons. The van der Waals surface area contributed by atoms with Crippen molar-refractivity contribution in [1.82, 2.24) is 4.90 Å². The fourth-order valence-corrected chi connectivity index (χ4v) is 9.15. The minimum atomic E-state index is -0.809. The van der Waals surface area contributed by atoms with Crippen molar-refractivity contribution in [3.63, 3.8) is 0 Å². The molecule has 38 heavy (non-hydrogen) atoms. The molecule has 3 heterocycles. The summed E-state index contributed by atoms with van der Waals surface area (Å²) in [6.07, 6.45) is 3.05. The van der Waals surface area contributed by atoms with Crippen LogP contribution in [0.4, 0.5) is 11.4 Å². The van der Waals surface area contributed by atoms with Gasteiger partial charge in [-0.05, 0) is 71.7 Å². The van der Waals surface area contributed by atoms with Crippen LogP contribution in [0.15, 0.2) is 36.9 Å². The zero-order valence-corrected chi connectivity index (χ0v) is 24.0. The number of thioether (sulfide) groups is 1. The van der Waals surface area contributed by atoms with Crippen molar-refractivity contribution in [1.29, 1.82) is 0 Å². The first-order chi connectivity index (χ1) is 18.1. The van der Waals surface area contributed by atoms with Crippen molar-refractivity contribution in [2.45, 2.75) is 69.0 Å². The third-order valence-corrected chi connectivity index (χ3v) is 10.6. The van der Waals surface area contributed by atoms with Gasteiger partial charge in [0.1, 0.15) is 6.04 Å². The molecule has 0 radical (unpaired) electrons. The van der Waals surface area contributed by atoms with Gasteiger partial charge in [0.15, 0.2) is 0 Å². The van der Waals surface area contributed by atoms with Crippen molar-refractivity contribution in [3.8, 4) is 0 Å². The molecule has 1 spiro atoms. The van der Waals surface area contributed by atoms with E-state index in [4.69, 9.17) is 4.74 Å². The summed E-state index contributed by atoms with van der Waals surface area (Å²) in [5.41, 5.74) is 1.80. The topological polar surface area (TPSA) is 90.4 Å². The molecule has 3 aliphatic heterocycles. The van der Waals surface area contributed by atoms with Gasteiger partial charge < -0.3 is 24.5 Å². The van der Waals surface area contributed by atoms with Gasteiger partial charge in [-0.15, -0.1) is 18.3 Å². The van der Waals surface area contributed by atoms with Gasteiger partial charge in [0.05, 0.1) is 35.8 Å². The summed E-state index contributed by atoms with van der Waals surface area (Å²) in [6, 6.07) is 6.51. The van der Waals surface area contributed by atoms with Gasteiger partial charge in [-0.25, -0.2) is 0 Å². The number of amides is 2. The van der Waals surface area contributed by atoms with Gasteiger partial charge in [0, 0.05) is 35.8 Å². The van der Waals surface area contributed by atoms with Gasteiger partial charge in [-0.3, -0.25) is 14.4 Å². The first-order valence-corrected chi connectivity index (χ1v) is 14.5. The van der Waals surface area contributed by atoms with E-state index in [0.29, 0.717) is 6.42 Å². The number of ether oxygens (including phenoxy) is 1. The van der Waals surface area contributed by atoms with Crippen molar-refractivity contribution < 1.29 is 24.2 Å². The number of fused-ring (bicyclic) bond motifs is 1. The molecule has 2 unspecified atom stereocenters. The van der Waals surface area contributed by atoms with E-state index >= 15 is 0 Å². The molecule has 2 bridgehead atoms. The third-order valence-electron chi connectivity index (χ3n) is 8.60. The smallest absolute Gasteiger partial charge is 0.311 e. The minimum Gasteiger partial charge on any atom is -0.466 e. The van der Waals surface area contributed by atoms with Crippen LogP contribution in [-0.4, -0.2) is 82.2 Å². The molecule has 0 saturated carbocycles. The highest BCUT2D eigenvalue weighted by molar-refractivity contribution is 8.02. The Hall–Kier alpha value is -2.52. The predicted molar refractivity (Wildman–Crippen MR) is 151 cm³/mol. The number of benzene rings is 1. The van der Waals surface area contributed by atoms with Gasteiger partial charge in [0.2, 0.25) is 5.91 Å². The van der Waals surface area contributed by atoms with Crippen LogP contribution in [0, 0.1) is 11.8 Å². The summed E-state index contributed by atoms with van der Waals surface area (Å²) in [7, 11) is 0. The highest BCUT2D eigenvalue weighted by Crippen LogP contribution is 2.71. The quantitative estimate of drug-likeness (QED) is 0.338. The van der Waals surface area contributed by atoms with Crippen LogP contribution >= 0.6 is 11.8 Å². The van der Waals surface area contributed by atoms with Crippen molar-refractivity contribution in [3.05, 3.63) is 36.9 Å². The van der Waals surface area contributed by atoms with E-state index in [1.807, 2.05) is 31.2 Å². The van der Waals surface area contributed by atoms with Crippen molar-refractivity contribution >= 4 is 40.9 Å². The van der Waals surface area contributed by atoms with E-state index in [1.54, 1.807) is 41.5 Å². The largest absolute Gasteiger partial charge is 0.466 e. The summed E-state index contributed by atoms with van der Waals surface area (Å²) in [6.45, 7) is 15.6. The lowest BCUT2D eigenvalue weighted by Crippen LogP contribution is -2.57. The summed E-state index contributed by atoms with van der Waals surface area (Å²) in [5, 5.41) is 10.1. The first-order valence-electron chi connectivity index (χ1n) is 13.7. The Morgan fingerprint density at radius 3 is 2.39 bits per heavy atom. The normalized spacial score (nSPS) is 30.2. The maximum atomic E-state index is 14.5. The van der Waals surface area contributed by atoms with Gasteiger partial charge >= 0.3 is 5.97 Å². The van der Waals surface area contributed by atoms with Crippen LogP contribution in [-0.2, 0) is 19.1 Å². The summed E-state index contributed by atoms with van der Waals surface area (Å²) in [4.78, 5) is 47.2. The summed E-state index contributed by atoms with van der Waals surface area (Å²) in [5.74, 6) is -2.11. The Morgan fingerprint density at radius 1 is 1.21 bits per heavy atom. The molecule has 1 N–H and O–H groups in total. The highest BCUT2D eigenvalue weighted by atomic mass is 32.2. The van der Waals surface area contributed by atoms with E-state index < -0.39 is 33.4 Å². The Labute approximate surface area is 230 Å². The van der Waals surface area contributed by atoms with E-state index in [1.165, 1.54) is 0 Å². The number of nitrogens with zero attached hydrogens (tertiary/aromatic N) is 3. The molecule has 4 rings (SSSR count). The zero-order chi connectivity index (χ0) is 27.8. The first kappa shape index (κ1) is 28.5. The van der Waals surface area contributed by atoms with E-state index in [-0.39, 0.29) is 37.5 Å². The second-order valence-corrected chi connectivity index (χ2v) is 12.6. The highest BCUT2D eigenvalue weighted by Gasteiger charge is 2.78. The molecule has 0 aliphatic carbocycles. The molecule has 3 fully saturated rings. The van der Waals surface area contributed by atoms with Crippen LogP contribution < -0.4 is 9.80 Å². The molecule has 0 aromatic heterocycles. The van der Waals surface area contributed by atoms with Gasteiger partial charge in [0.25, 0.3) is 5.91 Å². The lowest BCUT2D eigenvalue weighted by atomic mass is 9.66. The van der Waals surface area contributed by atoms with E-state index in [9.17, 15) is 19.5 Å². The lowest BCUT2D eigenvalue weighted by molar-refractivity contribution is -0.155. The van der Waals surface area contributed by atoms with Crippen LogP contribution in [0.1, 0.15) is 47.5 Å². The standard InChI is InChI=1S/C29H41N3O5S/c1-7-17-31(21-13-11-20(12-14-21)30(8-2)9-3)26(35)24-29-16-15-28(6,38-29)23(27(36)37-10-4)22(29)25(34)32(24)19(5)18-33/h7,11-14,19,22-24,33H,1,8-10,15-18H2,2-6H3/t19-,22+,23-,24?,28+,29?/m1/s1. The van der Waals surface area contributed by atoms with E-state index in [2.05, 4.69) is 25.3 Å². The van der Waals surface area contributed by atoms with Crippen LogP contribution in [0.5, 0.6) is 0 Å². The SMILES string of the molecule is C=CCN(C(=O)C1N([C@H](C)CO)C(=O)[C@@H]2[C@H](C(=O)OCC)[C@]3(C)CCC12S3)c1ccc(N(CC)CC)cc1. The summed E-state index contributed by atoms with van der Waals surface area (Å²) >= 11 is 1.60. The zero-order valence-electron chi connectivity index (χ0n) is 23.2. The number of rotatable bonds is 11. The molecule has 8 nitrogen and oxygen atoms in total. The molecule has 2 amide bonds. The number of carbonyl (C=O) groups excluding carboxylic acids is 3. The number of carbonyl (C=O) groups is 3. The average molecular weight is 544 g/mol. The van der Waals surface area contributed by atoms with Crippen LogP contribution in [0.2, 0.25) is 0 Å². The third kappa shape index (κ3) is 4.31. The second-order valence-electron chi connectivity index (χ2n) is 10.7. The molecule has 1 aromatic rings. The maximum Gasteiger partial charge on any atom is 0.311 e. The molecule has 1 aromatic carbocycles. The average Bonchev–Trinajstić information content (AvgIpc) is 3.48. The van der Waals surface area contributed by atoms with Crippen molar-refractivity contribution in [2.24, 2.45) is 11.8 Å². The fraction of sp³-hybridized carbons (Fsp3) is 0.621. The fourth-order valence-electron chi connectivity index (χ4n) is 6.83. The minimum absolute atomic E-state index is 0.210. The lowest BCUT2D eigenvalue weighted by Gasteiger charge is -2.39. The summed E-state index contributed by atoms with van der Waals surface area (Å²) < 4.78 is 4.20. The van der Waals surface area contributed by atoms with Crippen LogP contribution in [0.3, 0.4) is 0 Å². The molecule has 3 aliphatic rings. The Kier molecular flexibility index (Phi) is 8.19. The number of likely N-dealkylation sites (tertiary alicyclic amines) is 1. The monoisotopic (exact) mass is 543 g/mol. The van der Waals surface area contributed by atoms with E-state index in [0.717, 1.165) is 30.9 Å². The maximum absolute atomic E-state index is 14.5. The Balaban J connectivity index is 1.77. The van der Waals surface area contributed by atoms with Gasteiger partial charge in [-0.1, -0.05) is 6.08 Å². The molecular weight excluding hydrogens is 502 g/mol. The predicted octanol–water partition coefficient (Wildman–Crippen LogP) is 3.48. The number of anilines is 2. The van der Waals surface area contributed by atoms with Crippen molar-refractivity contribution in [2.75, 3.05) is 42.6 Å². The number of aliphatic hydroxyl groups excluding tert-OH is 1. The Morgan fingerprint density at radius 2 is 1.84 bits per heavy atom. The number of esters is 1. The molecule has 3 saturated heterocycles. The number of aliphatic hydroxyl groups is 1. The molecular formula is C29H41N3O5S. The molecule has 9 heteroatoms. The molecule has 6 atom stereocenters. The second kappa shape index (κ2) is 10.9. The number of hydrogen-bond acceptors (Lipinski definition) is 7. The van der Waals surface area contributed by atoms with Crippen LogP contribution in [0.25, 0.3) is 0 Å². The Bertz CT molecular complexity index is 1080. The number of hydrogen-bond donors (Lipinski definition) is 1.